The first kappa shape index (κ1) is 22.5. The lowest BCUT2D eigenvalue weighted by Gasteiger charge is -2.30. The van der Waals surface area contributed by atoms with Crippen LogP contribution in [0.1, 0.15) is 59.6 Å². The van der Waals surface area contributed by atoms with Gasteiger partial charge in [0.1, 0.15) is 0 Å². The number of piperidine rings is 1. The van der Waals surface area contributed by atoms with Crippen molar-refractivity contribution >= 4 is 22.7 Å². The monoisotopic (exact) mass is 484 g/mol. The largest absolute Gasteiger partial charge is 0.343 e. The van der Waals surface area contributed by atoms with Crippen molar-refractivity contribution in [3.8, 4) is 11.4 Å². The molecular weight excluding hydrogens is 456 g/mol. The van der Waals surface area contributed by atoms with Crippen molar-refractivity contribution in [3.63, 3.8) is 0 Å². The van der Waals surface area contributed by atoms with Crippen LogP contribution in [0.4, 0.5) is 0 Å². The summed E-state index contributed by atoms with van der Waals surface area (Å²) in [5.74, 6) is 0.972. The minimum absolute atomic E-state index is 0.0114. The Morgan fingerprint density at radius 2 is 1.83 bits per heavy atom. The summed E-state index contributed by atoms with van der Waals surface area (Å²) in [6.07, 6.45) is 3.83. The molecule has 2 amide bonds. The Morgan fingerprint density at radius 1 is 1.06 bits per heavy atom. The molecule has 2 aromatic carbocycles. The van der Waals surface area contributed by atoms with Crippen molar-refractivity contribution in [2.45, 2.75) is 44.6 Å². The summed E-state index contributed by atoms with van der Waals surface area (Å²) in [5, 5.41) is 12.8. The van der Waals surface area contributed by atoms with E-state index < -0.39 is 0 Å². The van der Waals surface area contributed by atoms with Crippen LogP contribution in [0.3, 0.4) is 0 Å². The number of aryl methyl sites for hydroxylation is 1. The van der Waals surface area contributed by atoms with Crippen LogP contribution in [0.15, 0.2) is 53.1 Å². The van der Waals surface area contributed by atoms with Gasteiger partial charge >= 0.3 is 0 Å². The van der Waals surface area contributed by atoms with Gasteiger partial charge in [-0.15, -0.1) is 0 Å². The summed E-state index contributed by atoms with van der Waals surface area (Å²) in [4.78, 5) is 31.3. The number of amides is 2. The van der Waals surface area contributed by atoms with E-state index >= 15 is 0 Å². The summed E-state index contributed by atoms with van der Waals surface area (Å²) >= 11 is 0. The fourth-order valence-electron chi connectivity index (χ4n) is 4.89. The molecular formula is C27H28N6O3. The van der Waals surface area contributed by atoms with Crippen LogP contribution in [-0.2, 0) is 4.79 Å². The molecule has 0 bridgehead atoms. The van der Waals surface area contributed by atoms with E-state index in [1.165, 1.54) is 12.8 Å². The van der Waals surface area contributed by atoms with Crippen molar-refractivity contribution < 1.29 is 14.1 Å². The standard InChI is InChI=1S/C27H28N6O3/c1-17-22-10-7-20(15-23(22)33(30-17)21-8-9-21)25-29-27(36-31-25)19-11-13-32(14-12-19)24(34)16-28-26(35)18-5-3-2-4-6-18/h2-7,10,15,19,21H,8-9,11-14,16H2,1H3,(H,28,35). The number of rotatable bonds is 6. The van der Waals surface area contributed by atoms with Gasteiger partial charge in [0.05, 0.1) is 23.8 Å². The molecule has 1 saturated carbocycles. The van der Waals surface area contributed by atoms with E-state index in [9.17, 15) is 9.59 Å². The first-order chi connectivity index (χ1) is 17.6. The van der Waals surface area contributed by atoms with Crippen LogP contribution < -0.4 is 5.32 Å². The van der Waals surface area contributed by atoms with Crippen molar-refractivity contribution in [1.82, 2.24) is 30.1 Å². The van der Waals surface area contributed by atoms with Crippen LogP contribution in [0.5, 0.6) is 0 Å². The topological polar surface area (TPSA) is 106 Å². The predicted octanol–water partition coefficient (Wildman–Crippen LogP) is 3.87. The maximum absolute atomic E-state index is 12.6. The lowest BCUT2D eigenvalue weighted by atomic mass is 9.96. The lowest BCUT2D eigenvalue weighted by molar-refractivity contribution is -0.131. The van der Waals surface area contributed by atoms with Crippen molar-refractivity contribution in [1.29, 1.82) is 0 Å². The Labute approximate surface area is 208 Å². The first-order valence-corrected chi connectivity index (χ1v) is 12.5. The van der Waals surface area contributed by atoms with Gasteiger partial charge in [-0.1, -0.05) is 35.5 Å². The summed E-state index contributed by atoms with van der Waals surface area (Å²) in [6.45, 7) is 3.21. The van der Waals surface area contributed by atoms with E-state index in [1.807, 2.05) is 19.1 Å². The Bertz CT molecular complexity index is 1410. The number of nitrogens with one attached hydrogen (secondary N) is 1. The molecule has 0 spiro atoms. The van der Waals surface area contributed by atoms with Gasteiger partial charge in [-0.05, 0) is 50.8 Å². The van der Waals surface area contributed by atoms with Crippen molar-refractivity contribution in [2.75, 3.05) is 19.6 Å². The van der Waals surface area contributed by atoms with Gasteiger partial charge in [-0.2, -0.15) is 10.1 Å². The zero-order chi connectivity index (χ0) is 24.6. The molecule has 2 aromatic heterocycles. The smallest absolute Gasteiger partial charge is 0.251 e. The van der Waals surface area contributed by atoms with Crippen LogP contribution in [-0.4, -0.2) is 56.3 Å². The second kappa shape index (κ2) is 9.22. The molecule has 0 radical (unpaired) electrons. The molecule has 3 heterocycles. The summed E-state index contributed by atoms with van der Waals surface area (Å²) in [6, 6.07) is 15.6. The number of hydrogen-bond donors (Lipinski definition) is 1. The normalized spacial score (nSPS) is 16.4. The van der Waals surface area contributed by atoms with E-state index in [2.05, 4.69) is 27.3 Å². The van der Waals surface area contributed by atoms with E-state index in [0.29, 0.717) is 36.4 Å². The molecule has 1 N–H and O–H groups in total. The van der Waals surface area contributed by atoms with Gasteiger partial charge in [0, 0.05) is 35.5 Å². The first-order valence-electron chi connectivity index (χ1n) is 12.5. The maximum Gasteiger partial charge on any atom is 0.251 e. The number of fused-ring (bicyclic) bond motifs is 1. The van der Waals surface area contributed by atoms with Gasteiger partial charge in [0.25, 0.3) is 5.91 Å². The lowest BCUT2D eigenvalue weighted by Crippen LogP contribution is -2.43. The third-order valence-electron chi connectivity index (χ3n) is 7.12. The fraction of sp³-hybridized carbons (Fsp3) is 0.370. The Balaban J connectivity index is 1.07. The van der Waals surface area contributed by atoms with Gasteiger partial charge in [0.15, 0.2) is 0 Å². The minimum atomic E-state index is -0.245. The molecule has 2 aliphatic rings. The SMILES string of the molecule is Cc1nn(C2CC2)c2cc(-c3noc(C4CCN(C(=O)CNC(=O)c5ccccc5)CC4)n3)ccc12. The number of carbonyl (C=O) groups excluding carboxylic acids is 2. The molecule has 2 fully saturated rings. The predicted molar refractivity (Wildman–Crippen MR) is 133 cm³/mol. The molecule has 9 nitrogen and oxygen atoms in total. The second-order valence-electron chi connectivity index (χ2n) is 9.65. The summed E-state index contributed by atoms with van der Waals surface area (Å²) in [7, 11) is 0. The maximum atomic E-state index is 12.6. The average molecular weight is 485 g/mol. The molecule has 0 unspecified atom stereocenters. The molecule has 0 atom stereocenters. The van der Waals surface area contributed by atoms with Gasteiger partial charge in [0.2, 0.25) is 17.6 Å². The molecule has 1 saturated heterocycles. The number of likely N-dealkylation sites (tertiary alicyclic amines) is 1. The Kier molecular flexibility index (Phi) is 5.75. The van der Waals surface area contributed by atoms with E-state index in [4.69, 9.17) is 14.6 Å². The highest BCUT2D eigenvalue weighted by Gasteiger charge is 2.29. The number of aromatic nitrogens is 4. The number of nitrogens with zero attached hydrogens (tertiary/aromatic N) is 5. The number of carbonyl (C=O) groups is 2. The number of hydrogen-bond acceptors (Lipinski definition) is 6. The molecule has 4 aromatic rings. The zero-order valence-electron chi connectivity index (χ0n) is 20.2. The van der Waals surface area contributed by atoms with E-state index in [1.54, 1.807) is 29.2 Å². The highest BCUT2D eigenvalue weighted by atomic mass is 16.5. The van der Waals surface area contributed by atoms with Gasteiger partial charge in [-0.3, -0.25) is 14.3 Å². The molecule has 36 heavy (non-hydrogen) atoms. The fourth-order valence-corrected chi connectivity index (χ4v) is 4.89. The van der Waals surface area contributed by atoms with Crippen LogP contribution >= 0.6 is 0 Å². The highest BCUT2D eigenvalue weighted by molar-refractivity contribution is 5.96. The summed E-state index contributed by atoms with van der Waals surface area (Å²) < 4.78 is 7.77. The summed E-state index contributed by atoms with van der Waals surface area (Å²) in [5.41, 5.74) is 3.62. The zero-order valence-corrected chi connectivity index (χ0v) is 20.2. The minimum Gasteiger partial charge on any atom is -0.343 e. The van der Waals surface area contributed by atoms with E-state index in [0.717, 1.165) is 35.0 Å². The van der Waals surface area contributed by atoms with Crippen LogP contribution in [0.2, 0.25) is 0 Å². The van der Waals surface area contributed by atoms with Crippen LogP contribution in [0.25, 0.3) is 22.3 Å². The van der Waals surface area contributed by atoms with E-state index in [-0.39, 0.29) is 24.3 Å². The van der Waals surface area contributed by atoms with Crippen LogP contribution in [0, 0.1) is 6.92 Å². The molecule has 184 valence electrons. The third-order valence-corrected chi connectivity index (χ3v) is 7.12. The third kappa shape index (κ3) is 4.36. The second-order valence-corrected chi connectivity index (χ2v) is 9.65. The van der Waals surface area contributed by atoms with Gasteiger partial charge < -0.3 is 14.7 Å². The number of benzene rings is 2. The Morgan fingerprint density at radius 3 is 2.58 bits per heavy atom. The highest BCUT2D eigenvalue weighted by Crippen LogP contribution is 2.38. The van der Waals surface area contributed by atoms with Crippen molar-refractivity contribution in [2.24, 2.45) is 0 Å². The molecule has 1 aliphatic carbocycles. The van der Waals surface area contributed by atoms with Gasteiger partial charge in [-0.25, -0.2) is 0 Å². The molecule has 1 aliphatic heterocycles. The average Bonchev–Trinajstić information content (AvgIpc) is 3.55. The Hall–Kier alpha value is -4.01. The quantitative estimate of drug-likeness (QED) is 0.445. The molecule has 9 heteroatoms. The van der Waals surface area contributed by atoms with Crippen molar-refractivity contribution in [3.05, 3.63) is 65.7 Å². The molecule has 6 rings (SSSR count).